The van der Waals surface area contributed by atoms with Gasteiger partial charge < -0.3 is 9.88 Å². The first-order valence-corrected chi connectivity index (χ1v) is 7.55. The number of piperazine rings is 1. The van der Waals surface area contributed by atoms with Crippen molar-refractivity contribution in [3.63, 3.8) is 0 Å². The first kappa shape index (κ1) is 14.7. The van der Waals surface area contributed by atoms with Gasteiger partial charge >= 0.3 is 0 Å². The van der Waals surface area contributed by atoms with Gasteiger partial charge in [-0.15, -0.1) is 0 Å². The third-order valence-corrected chi connectivity index (χ3v) is 4.35. The van der Waals surface area contributed by atoms with E-state index in [9.17, 15) is 4.79 Å². The van der Waals surface area contributed by atoms with E-state index in [0.29, 0.717) is 6.54 Å². The maximum Gasteiger partial charge on any atom is 0.229 e. The molecule has 0 radical (unpaired) electrons. The molecule has 1 aliphatic rings. The van der Waals surface area contributed by atoms with Crippen LogP contribution in [0.5, 0.6) is 0 Å². The Kier molecular flexibility index (Phi) is 4.20. The number of nitrogens with one attached hydrogen (secondary N) is 1. The Labute approximate surface area is 130 Å². The molecule has 1 aliphatic heterocycles. The first-order chi connectivity index (χ1) is 10.7. The third kappa shape index (κ3) is 2.87. The fourth-order valence-electron chi connectivity index (χ4n) is 2.88. The number of hydrogen-bond acceptors (Lipinski definition) is 4. The minimum absolute atomic E-state index is 0.119. The van der Waals surface area contributed by atoms with E-state index < -0.39 is 0 Å². The molecule has 1 fully saturated rings. The van der Waals surface area contributed by atoms with Crippen LogP contribution < -0.4 is 0 Å². The van der Waals surface area contributed by atoms with Crippen LogP contribution in [0.4, 0.5) is 0 Å². The molecule has 2 aromatic heterocycles. The Hall–Kier alpha value is -2.21. The molecular formula is C16H21N5O. The number of aromatic nitrogens is 3. The van der Waals surface area contributed by atoms with Crippen molar-refractivity contribution in [1.82, 2.24) is 24.8 Å². The lowest BCUT2D eigenvalue weighted by Crippen LogP contribution is -2.50. The van der Waals surface area contributed by atoms with Gasteiger partial charge in [-0.2, -0.15) is 0 Å². The molecule has 3 heterocycles. The zero-order chi connectivity index (χ0) is 15.5. The van der Waals surface area contributed by atoms with Crippen LogP contribution >= 0.6 is 0 Å². The van der Waals surface area contributed by atoms with Gasteiger partial charge in [0.1, 0.15) is 5.82 Å². The number of carbonyl (C=O) groups excluding carboxylic acids is 1. The Morgan fingerprint density at radius 1 is 1.41 bits per heavy atom. The first-order valence-electron chi connectivity index (χ1n) is 7.55. The fraction of sp³-hybridized carbons (Fsp3) is 0.438. The van der Waals surface area contributed by atoms with Crippen molar-refractivity contribution < 1.29 is 4.79 Å². The van der Waals surface area contributed by atoms with Crippen molar-refractivity contribution in [1.29, 1.82) is 0 Å². The van der Waals surface area contributed by atoms with Gasteiger partial charge in [-0.25, -0.2) is 4.98 Å². The topological polar surface area (TPSA) is 65.1 Å². The summed E-state index contributed by atoms with van der Waals surface area (Å²) in [6, 6.07) is 3.94. The van der Waals surface area contributed by atoms with Crippen LogP contribution in [-0.4, -0.2) is 57.3 Å². The minimum atomic E-state index is -0.172. The molecule has 0 aliphatic carbocycles. The van der Waals surface area contributed by atoms with Gasteiger partial charge in [0, 0.05) is 44.4 Å². The predicted molar refractivity (Wildman–Crippen MR) is 83.2 cm³/mol. The predicted octanol–water partition coefficient (Wildman–Crippen LogP) is 1.42. The van der Waals surface area contributed by atoms with Crippen molar-refractivity contribution in [2.24, 2.45) is 0 Å². The molecule has 6 nitrogen and oxygen atoms in total. The molecule has 0 aromatic carbocycles. The summed E-state index contributed by atoms with van der Waals surface area (Å²) in [7, 11) is 2.07. The molecular weight excluding hydrogens is 278 g/mol. The number of likely N-dealkylation sites (N-methyl/N-ethyl adjacent to an activating group) is 1. The van der Waals surface area contributed by atoms with Crippen molar-refractivity contribution in [3.05, 3.63) is 48.3 Å². The fourth-order valence-corrected chi connectivity index (χ4v) is 2.88. The summed E-state index contributed by atoms with van der Waals surface area (Å²) in [5.74, 6) is 0.890. The monoisotopic (exact) mass is 299 g/mol. The van der Waals surface area contributed by atoms with Crippen molar-refractivity contribution in [3.8, 4) is 0 Å². The minimum Gasteiger partial charge on any atom is -0.347 e. The molecule has 0 spiro atoms. The molecule has 22 heavy (non-hydrogen) atoms. The van der Waals surface area contributed by atoms with Crippen LogP contribution in [0, 0.1) is 0 Å². The zero-order valence-electron chi connectivity index (χ0n) is 12.9. The van der Waals surface area contributed by atoms with Crippen LogP contribution in [0.1, 0.15) is 30.3 Å². The molecule has 0 saturated carbocycles. The highest BCUT2D eigenvalue weighted by molar-refractivity contribution is 5.83. The highest BCUT2D eigenvalue weighted by Gasteiger charge is 2.32. The Balaban J connectivity index is 1.73. The van der Waals surface area contributed by atoms with Crippen molar-refractivity contribution in [2.45, 2.75) is 18.9 Å². The quantitative estimate of drug-likeness (QED) is 0.931. The van der Waals surface area contributed by atoms with Gasteiger partial charge in [-0.3, -0.25) is 14.7 Å². The van der Waals surface area contributed by atoms with E-state index in [4.69, 9.17) is 0 Å². The normalized spacial score (nSPS) is 20.8. The maximum atomic E-state index is 12.8. The number of amides is 1. The van der Waals surface area contributed by atoms with E-state index in [0.717, 1.165) is 24.5 Å². The SMILES string of the molecule is C[C@@H](C(=O)N1CCN(C)[C@H](c2ncc[nH]2)C1)c1cccnc1. The summed E-state index contributed by atoms with van der Waals surface area (Å²) in [4.78, 5) is 28.5. The van der Waals surface area contributed by atoms with Crippen LogP contribution in [-0.2, 0) is 4.79 Å². The number of imidazole rings is 1. The summed E-state index contributed by atoms with van der Waals surface area (Å²) in [5.41, 5.74) is 0.959. The molecule has 1 amide bonds. The Bertz CT molecular complexity index is 613. The summed E-state index contributed by atoms with van der Waals surface area (Å²) in [6.45, 7) is 4.20. The van der Waals surface area contributed by atoms with Gasteiger partial charge in [0.15, 0.2) is 0 Å². The second-order valence-electron chi connectivity index (χ2n) is 5.76. The highest BCUT2D eigenvalue weighted by Crippen LogP contribution is 2.24. The maximum absolute atomic E-state index is 12.8. The van der Waals surface area contributed by atoms with Gasteiger partial charge in [0.25, 0.3) is 0 Å². The third-order valence-electron chi connectivity index (χ3n) is 4.35. The second-order valence-corrected chi connectivity index (χ2v) is 5.76. The number of nitrogens with zero attached hydrogens (tertiary/aromatic N) is 4. The van der Waals surface area contributed by atoms with Crippen LogP contribution in [0.15, 0.2) is 36.9 Å². The number of rotatable bonds is 3. The number of aromatic amines is 1. The molecule has 3 rings (SSSR count). The molecule has 1 saturated heterocycles. The summed E-state index contributed by atoms with van der Waals surface area (Å²) < 4.78 is 0. The van der Waals surface area contributed by atoms with E-state index in [-0.39, 0.29) is 17.9 Å². The van der Waals surface area contributed by atoms with Crippen LogP contribution in [0.2, 0.25) is 0 Å². The van der Waals surface area contributed by atoms with Gasteiger partial charge in [-0.05, 0) is 25.6 Å². The molecule has 1 N–H and O–H groups in total. The highest BCUT2D eigenvalue weighted by atomic mass is 16.2. The zero-order valence-corrected chi connectivity index (χ0v) is 12.9. The van der Waals surface area contributed by atoms with Gasteiger partial charge in [0.2, 0.25) is 5.91 Å². The number of hydrogen-bond donors (Lipinski definition) is 1. The lowest BCUT2D eigenvalue weighted by molar-refractivity contribution is -0.135. The van der Waals surface area contributed by atoms with Crippen LogP contribution in [0.25, 0.3) is 0 Å². The van der Waals surface area contributed by atoms with Crippen molar-refractivity contribution >= 4 is 5.91 Å². The van der Waals surface area contributed by atoms with E-state index in [1.165, 1.54) is 0 Å². The average molecular weight is 299 g/mol. The van der Waals surface area contributed by atoms with E-state index in [2.05, 4.69) is 26.9 Å². The summed E-state index contributed by atoms with van der Waals surface area (Å²) in [5, 5.41) is 0. The van der Waals surface area contributed by atoms with Gasteiger partial charge in [-0.1, -0.05) is 6.07 Å². The largest absolute Gasteiger partial charge is 0.347 e. The lowest BCUT2D eigenvalue weighted by Gasteiger charge is -2.39. The standard InChI is InChI=1S/C16H21N5O/c1-12(13-4-3-5-17-10-13)16(22)21-9-8-20(2)14(11-21)15-18-6-7-19-15/h3-7,10,12,14H,8-9,11H2,1-2H3,(H,18,19)/t12-,14+/m1/s1. The number of pyridine rings is 1. The Morgan fingerprint density at radius 2 is 2.27 bits per heavy atom. The molecule has 2 atom stereocenters. The molecule has 0 unspecified atom stereocenters. The molecule has 2 aromatic rings. The molecule has 6 heteroatoms. The summed E-state index contributed by atoms with van der Waals surface area (Å²) in [6.07, 6.45) is 7.07. The lowest BCUT2D eigenvalue weighted by atomic mass is 10.0. The smallest absolute Gasteiger partial charge is 0.229 e. The van der Waals surface area contributed by atoms with E-state index in [1.54, 1.807) is 18.6 Å². The number of carbonyl (C=O) groups is 1. The Morgan fingerprint density at radius 3 is 2.95 bits per heavy atom. The summed E-state index contributed by atoms with van der Waals surface area (Å²) >= 11 is 0. The number of H-pyrrole nitrogens is 1. The van der Waals surface area contributed by atoms with Crippen molar-refractivity contribution in [2.75, 3.05) is 26.7 Å². The van der Waals surface area contributed by atoms with E-state index >= 15 is 0 Å². The second kappa shape index (κ2) is 6.27. The van der Waals surface area contributed by atoms with E-state index in [1.807, 2.05) is 30.2 Å². The molecule has 116 valence electrons. The van der Waals surface area contributed by atoms with Gasteiger partial charge in [0.05, 0.1) is 12.0 Å². The van der Waals surface area contributed by atoms with Crippen LogP contribution in [0.3, 0.4) is 0 Å². The molecule has 0 bridgehead atoms. The average Bonchev–Trinajstić information content (AvgIpc) is 3.09.